The average molecular weight is 569 g/mol. The highest BCUT2D eigenvalue weighted by Gasteiger charge is 2.54. The number of alkyl halides is 3. The van der Waals surface area contributed by atoms with Crippen LogP contribution < -0.4 is 10.2 Å². The van der Waals surface area contributed by atoms with Crippen LogP contribution in [-0.2, 0) is 22.3 Å². The number of carbonyl (C=O) groups excluding carboxylic acids is 3. The molecule has 0 saturated carbocycles. The fourth-order valence-electron chi connectivity index (χ4n) is 5.49. The molecule has 2 saturated heterocycles. The van der Waals surface area contributed by atoms with Crippen LogP contribution in [0.25, 0.3) is 0 Å². The van der Waals surface area contributed by atoms with Gasteiger partial charge in [-0.25, -0.2) is 4.39 Å². The Labute approximate surface area is 234 Å². The van der Waals surface area contributed by atoms with E-state index < -0.39 is 34.9 Å². The number of benzene rings is 3. The summed E-state index contributed by atoms with van der Waals surface area (Å²) in [5.41, 5.74) is -0.773. The molecule has 0 aliphatic carbocycles. The number of likely N-dealkylation sites (tertiary alicyclic amines) is 1. The zero-order valence-electron chi connectivity index (χ0n) is 22.0. The van der Waals surface area contributed by atoms with Gasteiger partial charge >= 0.3 is 6.18 Å². The van der Waals surface area contributed by atoms with Crippen LogP contribution in [0.2, 0.25) is 0 Å². The number of nitrogens with zero attached hydrogens (tertiary/aromatic N) is 3. The number of para-hydroxylation sites is 1. The smallest absolute Gasteiger partial charge is 0.350 e. The lowest BCUT2D eigenvalue weighted by molar-refractivity contribution is -0.138. The van der Waals surface area contributed by atoms with Crippen molar-refractivity contribution >= 4 is 23.4 Å². The number of carbonyl (C=O) groups is 3. The second-order valence-electron chi connectivity index (χ2n) is 10.2. The van der Waals surface area contributed by atoms with Crippen molar-refractivity contribution < 1.29 is 31.9 Å². The maximum atomic E-state index is 14.2. The fourth-order valence-corrected chi connectivity index (χ4v) is 5.49. The summed E-state index contributed by atoms with van der Waals surface area (Å²) in [5.74, 6) is -1.83. The van der Waals surface area contributed by atoms with E-state index in [1.54, 1.807) is 6.07 Å². The van der Waals surface area contributed by atoms with Gasteiger partial charge in [-0.15, -0.1) is 0 Å². The van der Waals surface area contributed by atoms with Crippen LogP contribution in [0.3, 0.4) is 0 Å². The maximum absolute atomic E-state index is 14.2. The molecule has 2 aliphatic rings. The Bertz CT molecular complexity index is 1440. The summed E-state index contributed by atoms with van der Waals surface area (Å²) in [7, 11) is 0. The summed E-state index contributed by atoms with van der Waals surface area (Å²) >= 11 is 0. The van der Waals surface area contributed by atoms with E-state index in [0.717, 1.165) is 17.8 Å². The molecule has 0 bridgehead atoms. The van der Waals surface area contributed by atoms with Gasteiger partial charge in [0, 0.05) is 25.3 Å². The predicted molar refractivity (Wildman–Crippen MR) is 143 cm³/mol. The van der Waals surface area contributed by atoms with Gasteiger partial charge < -0.3 is 20.0 Å². The third kappa shape index (κ3) is 5.75. The standard InChI is InChI=1S/C30H28F4N4O3/c31-25-12-5-4-11-24(25)27(40)36-15-13-29(14-16-36)28(41)37(20-38(29)23-9-2-1-3-10-23)19-26(39)35-18-21-7-6-8-22(17-21)30(32,33)34/h1-12,17H,13-16,18-20H2,(H,35,39). The predicted octanol–water partition coefficient (Wildman–Crippen LogP) is 4.44. The molecule has 3 aromatic carbocycles. The molecule has 3 amide bonds. The monoisotopic (exact) mass is 568 g/mol. The molecule has 2 heterocycles. The summed E-state index contributed by atoms with van der Waals surface area (Å²) in [6.07, 6.45) is -3.93. The van der Waals surface area contributed by atoms with Crippen molar-refractivity contribution in [2.45, 2.75) is 31.1 Å². The van der Waals surface area contributed by atoms with Gasteiger partial charge in [-0.1, -0.05) is 42.5 Å². The number of rotatable bonds is 6. The first-order chi connectivity index (χ1) is 19.6. The van der Waals surface area contributed by atoms with Crippen molar-refractivity contribution in [3.05, 3.63) is 101 Å². The van der Waals surface area contributed by atoms with E-state index in [-0.39, 0.29) is 62.7 Å². The van der Waals surface area contributed by atoms with E-state index in [2.05, 4.69) is 5.32 Å². The van der Waals surface area contributed by atoms with Gasteiger partial charge in [0.2, 0.25) is 5.91 Å². The highest BCUT2D eigenvalue weighted by atomic mass is 19.4. The summed E-state index contributed by atoms with van der Waals surface area (Å²) in [6, 6.07) is 19.7. The Balaban J connectivity index is 1.29. The summed E-state index contributed by atoms with van der Waals surface area (Å²) in [6.45, 7) is 0.170. The van der Waals surface area contributed by atoms with E-state index in [4.69, 9.17) is 0 Å². The van der Waals surface area contributed by atoms with Crippen molar-refractivity contribution in [1.82, 2.24) is 15.1 Å². The molecule has 11 heteroatoms. The Hall–Kier alpha value is -4.41. The molecule has 0 atom stereocenters. The van der Waals surface area contributed by atoms with E-state index >= 15 is 0 Å². The minimum Gasteiger partial charge on any atom is -0.350 e. The summed E-state index contributed by atoms with van der Waals surface area (Å²) in [5, 5.41) is 2.61. The number of halogens is 4. The Morgan fingerprint density at radius 1 is 0.902 bits per heavy atom. The normalized spacial score (nSPS) is 16.8. The molecule has 1 N–H and O–H groups in total. The molecular weight excluding hydrogens is 540 g/mol. The van der Waals surface area contributed by atoms with Crippen LogP contribution in [0.5, 0.6) is 0 Å². The first-order valence-electron chi connectivity index (χ1n) is 13.2. The van der Waals surface area contributed by atoms with Gasteiger partial charge in [-0.05, 0) is 54.8 Å². The van der Waals surface area contributed by atoms with Gasteiger partial charge in [0.1, 0.15) is 17.9 Å². The molecule has 3 aromatic rings. The fraction of sp³-hybridized carbons (Fsp3) is 0.300. The maximum Gasteiger partial charge on any atom is 0.416 e. The highest BCUT2D eigenvalue weighted by molar-refractivity contribution is 5.97. The molecule has 1 spiro atoms. The van der Waals surface area contributed by atoms with E-state index in [1.807, 2.05) is 35.2 Å². The van der Waals surface area contributed by atoms with Crippen molar-refractivity contribution in [2.75, 3.05) is 31.2 Å². The number of hydrogen-bond donors (Lipinski definition) is 1. The van der Waals surface area contributed by atoms with Crippen LogP contribution >= 0.6 is 0 Å². The first kappa shape index (κ1) is 28.1. The topological polar surface area (TPSA) is 73.0 Å². The Morgan fingerprint density at radius 2 is 1.59 bits per heavy atom. The molecular formula is C30H28F4N4O3. The Morgan fingerprint density at radius 3 is 2.27 bits per heavy atom. The lowest BCUT2D eigenvalue weighted by Gasteiger charge is -2.43. The van der Waals surface area contributed by atoms with E-state index in [9.17, 15) is 31.9 Å². The Kier molecular flexibility index (Phi) is 7.70. The highest BCUT2D eigenvalue weighted by Crippen LogP contribution is 2.39. The molecule has 2 fully saturated rings. The van der Waals surface area contributed by atoms with Gasteiger partial charge in [0.05, 0.1) is 17.8 Å². The number of hydrogen-bond acceptors (Lipinski definition) is 4. The zero-order chi connectivity index (χ0) is 29.2. The second-order valence-corrected chi connectivity index (χ2v) is 10.2. The van der Waals surface area contributed by atoms with Crippen LogP contribution in [-0.4, -0.2) is 59.4 Å². The summed E-state index contributed by atoms with van der Waals surface area (Å²) in [4.78, 5) is 44.5. The SMILES string of the molecule is O=C(CN1CN(c2ccccc2)C2(CCN(C(=O)c3ccccc3F)CC2)C1=O)NCc1cccc(C(F)(F)F)c1. The molecule has 2 aliphatic heterocycles. The molecule has 0 unspecified atom stereocenters. The minimum absolute atomic E-state index is 0.0276. The van der Waals surface area contributed by atoms with Gasteiger partial charge in [-0.3, -0.25) is 14.4 Å². The largest absolute Gasteiger partial charge is 0.416 e. The van der Waals surface area contributed by atoms with Crippen molar-refractivity contribution in [3.8, 4) is 0 Å². The van der Waals surface area contributed by atoms with Crippen molar-refractivity contribution in [1.29, 1.82) is 0 Å². The van der Waals surface area contributed by atoms with Crippen LogP contribution in [0.1, 0.15) is 34.3 Å². The number of nitrogens with one attached hydrogen (secondary N) is 1. The van der Waals surface area contributed by atoms with Crippen molar-refractivity contribution in [2.24, 2.45) is 0 Å². The van der Waals surface area contributed by atoms with Gasteiger partial charge in [0.15, 0.2) is 0 Å². The molecule has 214 valence electrons. The molecule has 41 heavy (non-hydrogen) atoms. The average Bonchev–Trinajstić information content (AvgIpc) is 3.22. The zero-order valence-corrected chi connectivity index (χ0v) is 22.0. The lowest BCUT2D eigenvalue weighted by Crippen LogP contribution is -2.57. The van der Waals surface area contributed by atoms with Crippen molar-refractivity contribution in [3.63, 3.8) is 0 Å². The van der Waals surface area contributed by atoms with E-state index in [0.29, 0.717) is 0 Å². The molecule has 0 aromatic heterocycles. The number of piperidine rings is 1. The number of amides is 3. The third-order valence-electron chi connectivity index (χ3n) is 7.64. The van der Waals surface area contributed by atoms with Crippen LogP contribution in [0.15, 0.2) is 78.9 Å². The minimum atomic E-state index is -4.49. The third-order valence-corrected chi connectivity index (χ3v) is 7.64. The molecule has 7 nitrogen and oxygen atoms in total. The van der Waals surface area contributed by atoms with Crippen LogP contribution in [0.4, 0.5) is 23.2 Å². The molecule has 5 rings (SSSR count). The van der Waals surface area contributed by atoms with Crippen LogP contribution in [0, 0.1) is 5.82 Å². The van der Waals surface area contributed by atoms with E-state index in [1.165, 1.54) is 40.1 Å². The molecule has 0 radical (unpaired) electrons. The quantitative estimate of drug-likeness (QED) is 0.447. The number of anilines is 1. The summed E-state index contributed by atoms with van der Waals surface area (Å²) < 4.78 is 53.3. The van der Waals surface area contributed by atoms with Gasteiger partial charge in [-0.2, -0.15) is 13.2 Å². The van der Waals surface area contributed by atoms with Gasteiger partial charge in [0.25, 0.3) is 11.8 Å². The second kappa shape index (κ2) is 11.2. The lowest BCUT2D eigenvalue weighted by atomic mass is 9.85. The first-order valence-corrected chi connectivity index (χ1v) is 13.2.